The summed E-state index contributed by atoms with van der Waals surface area (Å²) in [5, 5.41) is 3.16. The molecule has 1 aromatic carbocycles. The molecule has 1 aliphatic heterocycles. The quantitative estimate of drug-likeness (QED) is 0.922. The number of hydrogen-bond acceptors (Lipinski definition) is 4. The van der Waals surface area contributed by atoms with Gasteiger partial charge in [0.05, 0.1) is 6.20 Å². The summed E-state index contributed by atoms with van der Waals surface area (Å²) in [5.74, 6) is 1.47. The van der Waals surface area contributed by atoms with Gasteiger partial charge in [-0.1, -0.05) is 0 Å². The highest BCUT2D eigenvalue weighted by molar-refractivity contribution is 5.94. The predicted molar refractivity (Wildman–Crippen MR) is 88.7 cm³/mol. The lowest BCUT2D eigenvalue weighted by Gasteiger charge is -2.24. The van der Waals surface area contributed by atoms with Gasteiger partial charge < -0.3 is 15.0 Å². The minimum absolute atomic E-state index is 0.0932. The zero-order valence-electron chi connectivity index (χ0n) is 13.2. The van der Waals surface area contributed by atoms with Crippen molar-refractivity contribution in [3.63, 3.8) is 0 Å². The molecule has 1 N–H and O–H groups in total. The molecule has 2 aromatic rings. The van der Waals surface area contributed by atoms with Gasteiger partial charge in [0, 0.05) is 30.9 Å². The first kappa shape index (κ1) is 15.5. The van der Waals surface area contributed by atoms with Gasteiger partial charge >= 0.3 is 0 Å². The highest BCUT2D eigenvalue weighted by Gasteiger charge is 2.28. The fraction of sp³-hybridized carbons (Fsp3) is 0.333. The zero-order chi connectivity index (χ0) is 16.1. The smallest absolute Gasteiger partial charge is 0.254 e. The van der Waals surface area contributed by atoms with Crippen molar-refractivity contribution in [3.8, 4) is 11.5 Å². The van der Waals surface area contributed by atoms with E-state index in [0.717, 1.165) is 25.9 Å². The second kappa shape index (κ2) is 7.24. The van der Waals surface area contributed by atoms with E-state index in [9.17, 15) is 4.79 Å². The summed E-state index contributed by atoms with van der Waals surface area (Å²) in [6, 6.07) is 11.2. The molecular weight excluding hydrogens is 290 g/mol. The van der Waals surface area contributed by atoms with E-state index >= 15 is 0 Å². The van der Waals surface area contributed by atoms with Crippen LogP contribution in [0.1, 0.15) is 23.2 Å². The van der Waals surface area contributed by atoms with Crippen molar-refractivity contribution < 1.29 is 9.53 Å². The molecule has 0 saturated carbocycles. The number of carbonyl (C=O) groups excluding carboxylic acids is 1. The monoisotopic (exact) mass is 311 g/mol. The Morgan fingerprint density at radius 2 is 2.13 bits per heavy atom. The van der Waals surface area contributed by atoms with E-state index in [1.165, 1.54) is 0 Å². The van der Waals surface area contributed by atoms with Crippen molar-refractivity contribution in [2.24, 2.45) is 0 Å². The average Bonchev–Trinajstić information content (AvgIpc) is 3.04. The lowest BCUT2D eigenvalue weighted by Crippen LogP contribution is -2.40. The topological polar surface area (TPSA) is 54.5 Å². The molecule has 5 heteroatoms. The van der Waals surface area contributed by atoms with E-state index < -0.39 is 0 Å². The van der Waals surface area contributed by atoms with E-state index in [2.05, 4.69) is 10.3 Å². The Morgan fingerprint density at radius 1 is 1.30 bits per heavy atom. The molecular formula is C18H21N3O2. The van der Waals surface area contributed by atoms with Gasteiger partial charge in [0.1, 0.15) is 11.5 Å². The Kier molecular flexibility index (Phi) is 4.88. The third-order valence-electron chi connectivity index (χ3n) is 4.05. The molecule has 1 unspecified atom stereocenters. The summed E-state index contributed by atoms with van der Waals surface area (Å²) >= 11 is 0. The number of benzene rings is 1. The van der Waals surface area contributed by atoms with Crippen LogP contribution in [-0.2, 0) is 0 Å². The van der Waals surface area contributed by atoms with Crippen LogP contribution < -0.4 is 10.1 Å². The molecule has 3 rings (SSSR count). The summed E-state index contributed by atoms with van der Waals surface area (Å²) in [6.07, 6.45) is 5.49. The van der Waals surface area contributed by atoms with Gasteiger partial charge in [-0.05, 0) is 56.3 Å². The molecule has 0 bridgehead atoms. The molecule has 1 aromatic heterocycles. The lowest BCUT2D eigenvalue weighted by atomic mass is 10.1. The highest BCUT2D eigenvalue weighted by atomic mass is 16.5. The molecule has 5 nitrogen and oxygen atoms in total. The standard InChI is InChI=1S/C18H21N3O2/c1-19-12-15-4-3-11-21(15)18(22)14-6-8-16(9-7-14)23-17-5-2-10-20-13-17/h2,5-10,13,15,19H,3-4,11-12H2,1H3. The predicted octanol–water partition coefficient (Wildman–Crippen LogP) is 2.70. The van der Waals surface area contributed by atoms with Crippen molar-refractivity contribution in [1.82, 2.24) is 15.2 Å². The summed E-state index contributed by atoms with van der Waals surface area (Å²) in [6.45, 7) is 1.67. The van der Waals surface area contributed by atoms with Gasteiger partial charge in [0.15, 0.2) is 0 Å². The minimum Gasteiger partial charge on any atom is -0.456 e. The first-order valence-electron chi connectivity index (χ1n) is 7.91. The molecule has 1 aliphatic rings. The summed E-state index contributed by atoms with van der Waals surface area (Å²) < 4.78 is 5.70. The van der Waals surface area contributed by atoms with Crippen molar-refractivity contribution in [3.05, 3.63) is 54.4 Å². The molecule has 23 heavy (non-hydrogen) atoms. The third kappa shape index (κ3) is 3.68. The van der Waals surface area contributed by atoms with Crippen LogP contribution in [0.3, 0.4) is 0 Å². The highest BCUT2D eigenvalue weighted by Crippen LogP contribution is 2.23. The van der Waals surface area contributed by atoms with Gasteiger partial charge in [-0.3, -0.25) is 9.78 Å². The molecule has 1 saturated heterocycles. The Bertz CT molecular complexity index is 643. The maximum atomic E-state index is 12.6. The number of pyridine rings is 1. The van der Waals surface area contributed by atoms with Crippen LogP contribution in [-0.4, -0.2) is 42.0 Å². The molecule has 1 amide bonds. The maximum Gasteiger partial charge on any atom is 0.254 e. The van der Waals surface area contributed by atoms with E-state index in [4.69, 9.17) is 4.74 Å². The fourth-order valence-electron chi connectivity index (χ4n) is 2.93. The second-order valence-corrected chi connectivity index (χ2v) is 5.67. The Hall–Kier alpha value is -2.40. The Balaban J connectivity index is 1.68. The summed E-state index contributed by atoms with van der Waals surface area (Å²) in [7, 11) is 1.92. The number of likely N-dealkylation sites (N-methyl/N-ethyl adjacent to an activating group) is 1. The van der Waals surface area contributed by atoms with Crippen LogP contribution in [0.15, 0.2) is 48.8 Å². The van der Waals surface area contributed by atoms with Crippen molar-refractivity contribution in [1.29, 1.82) is 0 Å². The van der Waals surface area contributed by atoms with Crippen molar-refractivity contribution >= 4 is 5.91 Å². The largest absolute Gasteiger partial charge is 0.456 e. The van der Waals surface area contributed by atoms with E-state index in [1.807, 2.05) is 48.3 Å². The molecule has 0 radical (unpaired) electrons. The zero-order valence-corrected chi connectivity index (χ0v) is 13.2. The number of likely N-dealkylation sites (tertiary alicyclic amines) is 1. The van der Waals surface area contributed by atoms with Gasteiger partial charge in [0.2, 0.25) is 0 Å². The molecule has 1 fully saturated rings. The van der Waals surface area contributed by atoms with Crippen LogP contribution in [0.5, 0.6) is 11.5 Å². The Morgan fingerprint density at radius 3 is 2.83 bits per heavy atom. The first-order chi connectivity index (χ1) is 11.3. The normalized spacial score (nSPS) is 17.3. The van der Waals surface area contributed by atoms with Crippen molar-refractivity contribution in [2.75, 3.05) is 20.1 Å². The number of hydrogen-bond donors (Lipinski definition) is 1. The second-order valence-electron chi connectivity index (χ2n) is 5.67. The van der Waals surface area contributed by atoms with Crippen LogP contribution in [0.2, 0.25) is 0 Å². The third-order valence-corrected chi connectivity index (χ3v) is 4.05. The molecule has 120 valence electrons. The van der Waals surface area contributed by atoms with Crippen LogP contribution >= 0.6 is 0 Å². The molecule has 1 atom stereocenters. The van der Waals surface area contributed by atoms with E-state index in [0.29, 0.717) is 23.1 Å². The number of carbonyl (C=O) groups is 1. The summed E-state index contributed by atoms with van der Waals surface area (Å²) in [4.78, 5) is 18.6. The van der Waals surface area contributed by atoms with Gasteiger partial charge in [0.25, 0.3) is 5.91 Å². The maximum absolute atomic E-state index is 12.6. The average molecular weight is 311 g/mol. The fourth-order valence-corrected chi connectivity index (χ4v) is 2.93. The van der Waals surface area contributed by atoms with Crippen LogP contribution in [0.4, 0.5) is 0 Å². The van der Waals surface area contributed by atoms with Gasteiger partial charge in [-0.15, -0.1) is 0 Å². The molecule has 0 spiro atoms. The van der Waals surface area contributed by atoms with Crippen molar-refractivity contribution in [2.45, 2.75) is 18.9 Å². The summed E-state index contributed by atoms with van der Waals surface area (Å²) in [5.41, 5.74) is 0.700. The van der Waals surface area contributed by atoms with E-state index in [-0.39, 0.29) is 5.91 Å². The van der Waals surface area contributed by atoms with Crippen LogP contribution in [0, 0.1) is 0 Å². The number of nitrogens with zero attached hydrogens (tertiary/aromatic N) is 2. The number of rotatable bonds is 5. The first-order valence-corrected chi connectivity index (χ1v) is 7.91. The Labute approximate surface area is 136 Å². The minimum atomic E-state index is 0.0932. The number of amides is 1. The van der Waals surface area contributed by atoms with Crippen LogP contribution in [0.25, 0.3) is 0 Å². The van der Waals surface area contributed by atoms with E-state index in [1.54, 1.807) is 12.4 Å². The number of nitrogens with one attached hydrogen (secondary N) is 1. The number of ether oxygens (including phenoxy) is 1. The van der Waals surface area contributed by atoms with Gasteiger partial charge in [-0.25, -0.2) is 0 Å². The molecule has 2 heterocycles. The lowest BCUT2D eigenvalue weighted by molar-refractivity contribution is 0.0737. The number of aromatic nitrogens is 1. The van der Waals surface area contributed by atoms with Gasteiger partial charge in [-0.2, -0.15) is 0 Å². The SMILES string of the molecule is CNCC1CCCN1C(=O)c1ccc(Oc2cccnc2)cc1. The molecule has 0 aliphatic carbocycles.